The van der Waals surface area contributed by atoms with Gasteiger partial charge in [0.25, 0.3) is 0 Å². The fraction of sp³-hybridized carbons (Fsp3) is 0.150. The van der Waals surface area contributed by atoms with E-state index in [1.54, 1.807) is 18.3 Å². The van der Waals surface area contributed by atoms with Gasteiger partial charge in [-0.3, -0.25) is 0 Å². The van der Waals surface area contributed by atoms with Crippen LogP contribution in [0.5, 0.6) is 0 Å². The maximum Gasteiger partial charge on any atom is 0.224 e. The third-order valence-corrected chi connectivity index (χ3v) is 3.73. The van der Waals surface area contributed by atoms with E-state index in [1.807, 2.05) is 24.3 Å². The molecule has 0 aliphatic carbocycles. The van der Waals surface area contributed by atoms with E-state index in [1.165, 1.54) is 5.56 Å². The summed E-state index contributed by atoms with van der Waals surface area (Å²) in [5.74, 6) is 1.23. The maximum atomic E-state index is 9.15. The van der Waals surface area contributed by atoms with Crippen molar-refractivity contribution in [1.82, 2.24) is 9.97 Å². The van der Waals surface area contributed by atoms with Crippen molar-refractivity contribution in [1.29, 1.82) is 5.26 Å². The standard InChI is InChI=1S/C20H19N5/c21-15-17-10-4-5-11-18(17)24-19-12-14-23-20(25-19)22-13-6-9-16-7-2-1-3-8-16/h1-5,7-8,10-12,14H,6,9,13H2,(H2,22,23,24,25). The summed E-state index contributed by atoms with van der Waals surface area (Å²) in [5, 5.41) is 15.6. The van der Waals surface area contributed by atoms with E-state index in [0.717, 1.165) is 25.1 Å². The minimum atomic E-state index is 0.576. The normalized spacial score (nSPS) is 10.0. The van der Waals surface area contributed by atoms with Gasteiger partial charge in [0.15, 0.2) is 0 Å². The SMILES string of the molecule is N#Cc1ccccc1Nc1ccnc(NCCCc2ccccc2)n1. The van der Waals surface area contributed by atoms with Crippen molar-refractivity contribution in [3.63, 3.8) is 0 Å². The highest BCUT2D eigenvalue weighted by Gasteiger charge is 2.03. The Kier molecular flexibility index (Phi) is 5.57. The van der Waals surface area contributed by atoms with Crippen LogP contribution in [0.4, 0.5) is 17.5 Å². The maximum absolute atomic E-state index is 9.15. The fourth-order valence-electron chi connectivity index (χ4n) is 2.48. The Bertz CT molecular complexity index is 855. The van der Waals surface area contributed by atoms with E-state index in [4.69, 9.17) is 5.26 Å². The van der Waals surface area contributed by atoms with E-state index < -0.39 is 0 Å². The van der Waals surface area contributed by atoms with Gasteiger partial charge in [0.1, 0.15) is 11.9 Å². The lowest BCUT2D eigenvalue weighted by Gasteiger charge is -2.09. The molecule has 3 aromatic rings. The second kappa shape index (κ2) is 8.46. The summed E-state index contributed by atoms with van der Waals surface area (Å²) in [5.41, 5.74) is 2.64. The zero-order valence-electron chi connectivity index (χ0n) is 13.8. The Morgan fingerprint density at radius 2 is 1.76 bits per heavy atom. The number of hydrogen-bond donors (Lipinski definition) is 2. The number of nitrogens with zero attached hydrogens (tertiary/aromatic N) is 3. The highest BCUT2D eigenvalue weighted by Crippen LogP contribution is 2.19. The molecule has 0 atom stereocenters. The van der Waals surface area contributed by atoms with Crippen molar-refractivity contribution in [2.75, 3.05) is 17.2 Å². The molecule has 0 saturated carbocycles. The summed E-state index contributed by atoms with van der Waals surface area (Å²) >= 11 is 0. The molecule has 0 unspecified atom stereocenters. The molecule has 0 radical (unpaired) electrons. The Hall–Kier alpha value is -3.39. The molecule has 0 aliphatic heterocycles. The third kappa shape index (κ3) is 4.79. The summed E-state index contributed by atoms with van der Waals surface area (Å²) in [6.07, 6.45) is 3.72. The van der Waals surface area contributed by atoms with Crippen molar-refractivity contribution >= 4 is 17.5 Å². The van der Waals surface area contributed by atoms with Crippen molar-refractivity contribution < 1.29 is 0 Å². The Morgan fingerprint density at radius 1 is 0.960 bits per heavy atom. The molecule has 5 heteroatoms. The molecule has 2 N–H and O–H groups in total. The first-order valence-electron chi connectivity index (χ1n) is 8.22. The lowest BCUT2D eigenvalue weighted by atomic mass is 10.1. The highest BCUT2D eigenvalue weighted by molar-refractivity contribution is 5.64. The molecule has 0 saturated heterocycles. The molecule has 0 aliphatic rings. The minimum absolute atomic E-state index is 0.576. The largest absolute Gasteiger partial charge is 0.354 e. The van der Waals surface area contributed by atoms with Gasteiger partial charge in [0, 0.05) is 12.7 Å². The van der Waals surface area contributed by atoms with Gasteiger partial charge in [-0.1, -0.05) is 42.5 Å². The molecule has 0 fully saturated rings. The minimum Gasteiger partial charge on any atom is -0.354 e. The molecule has 0 bridgehead atoms. The van der Waals surface area contributed by atoms with Gasteiger partial charge < -0.3 is 10.6 Å². The number of anilines is 3. The number of aryl methyl sites for hydroxylation is 1. The van der Waals surface area contributed by atoms with E-state index in [2.05, 4.69) is 50.9 Å². The summed E-state index contributed by atoms with van der Waals surface area (Å²) in [6, 6.07) is 21.7. The third-order valence-electron chi connectivity index (χ3n) is 3.73. The molecular weight excluding hydrogens is 310 g/mol. The van der Waals surface area contributed by atoms with E-state index in [0.29, 0.717) is 17.3 Å². The molecule has 2 aromatic carbocycles. The van der Waals surface area contributed by atoms with Crippen LogP contribution in [-0.2, 0) is 6.42 Å². The van der Waals surface area contributed by atoms with Crippen LogP contribution in [-0.4, -0.2) is 16.5 Å². The van der Waals surface area contributed by atoms with E-state index in [9.17, 15) is 0 Å². The van der Waals surface area contributed by atoms with E-state index in [-0.39, 0.29) is 0 Å². The number of hydrogen-bond acceptors (Lipinski definition) is 5. The zero-order chi connectivity index (χ0) is 17.3. The van der Waals surface area contributed by atoms with Gasteiger partial charge in [0.2, 0.25) is 5.95 Å². The van der Waals surface area contributed by atoms with Crippen LogP contribution in [0.3, 0.4) is 0 Å². The summed E-state index contributed by atoms with van der Waals surface area (Å²) in [4.78, 5) is 8.69. The quantitative estimate of drug-likeness (QED) is 0.637. The Balaban J connectivity index is 1.55. The predicted molar refractivity (Wildman–Crippen MR) is 99.7 cm³/mol. The van der Waals surface area contributed by atoms with Gasteiger partial charge in [0.05, 0.1) is 11.3 Å². The molecule has 3 rings (SSSR count). The number of nitriles is 1. The molecule has 0 amide bonds. The van der Waals surface area contributed by atoms with Crippen LogP contribution in [0.25, 0.3) is 0 Å². The second-order valence-corrected chi connectivity index (χ2v) is 5.56. The topological polar surface area (TPSA) is 73.6 Å². The predicted octanol–water partition coefficient (Wildman–Crippen LogP) is 4.14. The first-order chi connectivity index (χ1) is 12.3. The Labute approximate surface area is 147 Å². The number of aromatic nitrogens is 2. The molecule has 1 heterocycles. The van der Waals surface area contributed by atoms with Gasteiger partial charge >= 0.3 is 0 Å². The van der Waals surface area contributed by atoms with Crippen molar-refractivity contribution in [2.24, 2.45) is 0 Å². The molecular formula is C20H19N5. The first-order valence-corrected chi connectivity index (χ1v) is 8.22. The Morgan fingerprint density at radius 3 is 2.60 bits per heavy atom. The van der Waals surface area contributed by atoms with Crippen molar-refractivity contribution in [3.8, 4) is 6.07 Å². The lowest BCUT2D eigenvalue weighted by Crippen LogP contribution is -2.07. The molecule has 25 heavy (non-hydrogen) atoms. The number of benzene rings is 2. The van der Waals surface area contributed by atoms with Gasteiger partial charge in [-0.05, 0) is 36.6 Å². The van der Waals surface area contributed by atoms with Crippen LogP contribution >= 0.6 is 0 Å². The summed E-state index contributed by atoms with van der Waals surface area (Å²) < 4.78 is 0. The number of para-hydroxylation sites is 1. The van der Waals surface area contributed by atoms with Crippen LogP contribution in [0.15, 0.2) is 66.9 Å². The molecule has 5 nitrogen and oxygen atoms in total. The second-order valence-electron chi connectivity index (χ2n) is 5.56. The number of nitrogens with one attached hydrogen (secondary N) is 2. The van der Waals surface area contributed by atoms with Gasteiger partial charge in [-0.25, -0.2) is 4.98 Å². The lowest BCUT2D eigenvalue weighted by molar-refractivity contribution is 0.853. The van der Waals surface area contributed by atoms with Crippen LogP contribution < -0.4 is 10.6 Å². The van der Waals surface area contributed by atoms with Gasteiger partial charge in [-0.2, -0.15) is 10.2 Å². The summed E-state index contributed by atoms with van der Waals surface area (Å²) in [7, 11) is 0. The first kappa shape index (κ1) is 16.5. The monoisotopic (exact) mass is 329 g/mol. The zero-order valence-corrected chi connectivity index (χ0v) is 13.8. The van der Waals surface area contributed by atoms with Crippen LogP contribution in [0.1, 0.15) is 17.5 Å². The number of rotatable bonds is 7. The van der Waals surface area contributed by atoms with Crippen LogP contribution in [0, 0.1) is 11.3 Å². The molecule has 1 aromatic heterocycles. The molecule has 124 valence electrons. The van der Waals surface area contributed by atoms with Crippen molar-refractivity contribution in [2.45, 2.75) is 12.8 Å². The molecule has 0 spiro atoms. The van der Waals surface area contributed by atoms with Crippen molar-refractivity contribution in [3.05, 3.63) is 78.0 Å². The highest BCUT2D eigenvalue weighted by atomic mass is 15.1. The van der Waals surface area contributed by atoms with Crippen LogP contribution in [0.2, 0.25) is 0 Å². The average Bonchev–Trinajstić information content (AvgIpc) is 2.67. The van der Waals surface area contributed by atoms with Gasteiger partial charge in [-0.15, -0.1) is 0 Å². The van der Waals surface area contributed by atoms with E-state index >= 15 is 0 Å². The summed E-state index contributed by atoms with van der Waals surface area (Å²) in [6.45, 7) is 0.799. The average molecular weight is 329 g/mol. The smallest absolute Gasteiger partial charge is 0.224 e. The fourth-order valence-corrected chi connectivity index (χ4v) is 2.48.